The Morgan fingerprint density at radius 1 is 1.38 bits per heavy atom. The summed E-state index contributed by atoms with van der Waals surface area (Å²) in [6, 6.07) is 3.69. The summed E-state index contributed by atoms with van der Waals surface area (Å²) in [7, 11) is 0. The lowest BCUT2D eigenvalue weighted by molar-refractivity contribution is -0.134. The van der Waals surface area contributed by atoms with Crippen molar-refractivity contribution in [1.29, 1.82) is 0 Å². The number of alkyl halides is 2. The number of halogens is 2. The van der Waals surface area contributed by atoms with Gasteiger partial charge in [-0.05, 0) is 25.0 Å². The number of carbonyl (C=O) groups is 3. The number of fused-ring (bicyclic) bond motifs is 1. The molecular formula is C17H18F2N4O3. The molecule has 0 radical (unpaired) electrons. The molecule has 2 heterocycles. The van der Waals surface area contributed by atoms with E-state index in [0.717, 1.165) is 0 Å². The van der Waals surface area contributed by atoms with Crippen molar-refractivity contribution < 1.29 is 23.2 Å². The van der Waals surface area contributed by atoms with Crippen LogP contribution < -0.4 is 10.6 Å². The minimum Gasteiger partial charge on any atom is -0.340 e. The molecule has 2 aromatic rings. The fourth-order valence-electron chi connectivity index (χ4n) is 2.89. The number of hydrogen-bond acceptors (Lipinski definition) is 4. The van der Waals surface area contributed by atoms with Gasteiger partial charge in [0.1, 0.15) is 11.6 Å². The summed E-state index contributed by atoms with van der Waals surface area (Å²) in [5.74, 6) is -5.19. The lowest BCUT2D eigenvalue weighted by atomic mass is 10.1. The maximum absolute atomic E-state index is 14.1. The van der Waals surface area contributed by atoms with Crippen molar-refractivity contribution in [2.24, 2.45) is 0 Å². The standard InChI is InChI=1S/C17H18F2N4O3/c1-2-8-17(18,19)16-21-10-5-3-4-9(13(10)23-16)14(25)20-11-6-7-12(24)22-15(11)26/h3-5,11H,2,6-8H2,1H3,(H,20,25)(H,21,23)(H,22,24,26). The number of benzene rings is 1. The van der Waals surface area contributed by atoms with Crippen LogP contribution in [0, 0.1) is 0 Å². The largest absolute Gasteiger partial charge is 0.340 e. The predicted octanol–water partition coefficient (Wildman–Crippen LogP) is 1.99. The van der Waals surface area contributed by atoms with Crippen molar-refractivity contribution in [3.8, 4) is 0 Å². The number of aromatic nitrogens is 2. The first kappa shape index (κ1) is 18.0. The van der Waals surface area contributed by atoms with Gasteiger partial charge in [0, 0.05) is 12.8 Å². The number of rotatable bonds is 5. The number of piperidine rings is 1. The van der Waals surface area contributed by atoms with Crippen LogP contribution in [0.2, 0.25) is 0 Å². The first-order valence-corrected chi connectivity index (χ1v) is 8.33. The molecule has 1 aromatic carbocycles. The van der Waals surface area contributed by atoms with E-state index in [-0.39, 0.29) is 36.8 Å². The number of amides is 3. The van der Waals surface area contributed by atoms with Gasteiger partial charge >= 0.3 is 5.92 Å². The number of imidazole rings is 1. The maximum Gasteiger partial charge on any atom is 0.304 e. The van der Waals surface area contributed by atoms with Crippen molar-refractivity contribution >= 4 is 28.8 Å². The van der Waals surface area contributed by atoms with E-state index in [9.17, 15) is 23.2 Å². The van der Waals surface area contributed by atoms with Gasteiger partial charge in [0.2, 0.25) is 11.8 Å². The number of nitrogens with zero attached hydrogens (tertiary/aromatic N) is 1. The molecule has 1 unspecified atom stereocenters. The Morgan fingerprint density at radius 3 is 2.85 bits per heavy atom. The minimum atomic E-state index is -3.12. The first-order chi connectivity index (χ1) is 12.3. The third-order valence-electron chi connectivity index (χ3n) is 4.21. The molecule has 138 valence electrons. The summed E-state index contributed by atoms with van der Waals surface area (Å²) in [6.07, 6.45) is 0.237. The van der Waals surface area contributed by atoms with Gasteiger partial charge in [-0.25, -0.2) is 4.98 Å². The number of carbonyl (C=O) groups excluding carboxylic acids is 3. The number of H-pyrrole nitrogens is 1. The maximum atomic E-state index is 14.1. The highest BCUT2D eigenvalue weighted by Crippen LogP contribution is 2.32. The molecule has 1 atom stereocenters. The van der Waals surface area contributed by atoms with Crippen molar-refractivity contribution in [3.63, 3.8) is 0 Å². The highest BCUT2D eigenvalue weighted by Gasteiger charge is 2.35. The Balaban J connectivity index is 1.88. The quantitative estimate of drug-likeness (QED) is 0.706. The van der Waals surface area contributed by atoms with Gasteiger partial charge in [0.25, 0.3) is 5.91 Å². The predicted molar refractivity (Wildman–Crippen MR) is 88.5 cm³/mol. The summed E-state index contributed by atoms with van der Waals surface area (Å²) < 4.78 is 28.2. The highest BCUT2D eigenvalue weighted by atomic mass is 19.3. The van der Waals surface area contributed by atoms with E-state index in [1.54, 1.807) is 19.1 Å². The molecule has 1 saturated heterocycles. The van der Waals surface area contributed by atoms with Crippen LogP contribution in [0.1, 0.15) is 48.8 Å². The van der Waals surface area contributed by atoms with Crippen molar-refractivity contribution in [3.05, 3.63) is 29.6 Å². The third-order valence-corrected chi connectivity index (χ3v) is 4.21. The van der Waals surface area contributed by atoms with Crippen LogP contribution in [0.25, 0.3) is 11.0 Å². The second-order valence-electron chi connectivity index (χ2n) is 6.22. The molecule has 1 fully saturated rings. The molecule has 3 N–H and O–H groups in total. The Kier molecular flexibility index (Phi) is 4.71. The molecule has 1 aliphatic rings. The van der Waals surface area contributed by atoms with Crippen LogP contribution in [0.4, 0.5) is 8.78 Å². The number of aromatic amines is 1. The zero-order valence-electron chi connectivity index (χ0n) is 14.1. The van der Waals surface area contributed by atoms with E-state index in [0.29, 0.717) is 5.52 Å². The van der Waals surface area contributed by atoms with E-state index in [1.807, 2.05) is 0 Å². The van der Waals surface area contributed by atoms with E-state index in [4.69, 9.17) is 0 Å². The number of imide groups is 1. The minimum absolute atomic E-state index is 0.0852. The Hall–Kier alpha value is -2.84. The fourth-order valence-corrected chi connectivity index (χ4v) is 2.89. The van der Waals surface area contributed by atoms with Gasteiger partial charge in [-0.15, -0.1) is 0 Å². The molecule has 0 spiro atoms. The monoisotopic (exact) mass is 364 g/mol. The number of nitrogens with one attached hydrogen (secondary N) is 3. The summed E-state index contributed by atoms with van der Waals surface area (Å²) in [6.45, 7) is 1.65. The highest BCUT2D eigenvalue weighted by molar-refractivity contribution is 6.08. The fraction of sp³-hybridized carbons (Fsp3) is 0.412. The molecule has 1 aliphatic heterocycles. The Bertz CT molecular complexity index is 878. The first-order valence-electron chi connectivity index (χ1n) is 8.33. The van der Waals surface area contributed by atoms with Crippen molar-refractivity contribution in [2.45, 2.75) is 44.6 Å². The van der Waals surface area contributed by atoms with Crippen molar-refractivity contribution in [1.82, 2.24) is 20.6 Å². The van der Waals surface area contributed by atoms with E-state index in [1.165, 1.54) is 6.07 Å². The molecule has 3 amide bonds. The molecule has 26 heavy (non-hydrogen) atoms. The molecule has 0 saturated carbocycles. The third kappa shape index (κ3) is 3.42. The zero-order valence-corrected chi connectivity index (χ0v) is 14.1. The Labute approximate surface area is 147 Å². The van der Waals surface area contributed by atoms with E-state index in [2.05, 4.69) is 20.6 Å². The summed E-state index contributed by atoms with van der Waals surface area (Å²) in [5, 5.41) is 4.67. The van der Waals surface area contributed by atoms with Gasteiger partial charge < -0.3 is 10.3 Å². The van der Waals surface area contributed by atoms with Crippen LogP contribution in [0.5, 0.6) is 0 Å². The van der Waals surface area contributed by atoms with Gasteiger partial charge in [0.15, 0.2) is 5.82 Å². The molecular weight excluding hydrogens is 346 g/mol. The summed E-state index contributed by atoms with van der Waals surface area (Å²) >= 11 is 0. The van der Waals surface area contributed by atoms with Crippen LogP contribution >= 0.6 is 0 Å². The van der Waals surface area contributed by atoms with Gasteiger partial charge in [-0.2, -0.15) is 8.78 Å². The van der Waals surface area contributed by atoms with Crippen LogP contribution in [-0.2, 0) is 15.5 Å². The number of para-hydroxylation sites is 1. The molecule has 9 heteroatoms. The average Bonchev–Trinajstić information content (AvgIpc) is 3.02. The Morgan fingerprint density at radius 2 is 2.15 bits per heavy atom. The summed E-state index contributed by atoms with van der Waals surface area (Å²) in [5.41, 5.74) is 0.511. The average molecular weight is 364 g/mol. The van der Waals surface area contributed by atoms with Crippen LogP contribution in [-0.4, -0.2) is 33.7 Å². The van der Waals surface area contributed by atoms with Crippen molar-refractivity contribution in [2.75, 3.05) is 0 Å². The topological polar surface area (TPSA) is 104 Å². The van der Waals surface area contributed by atoms with Gasteiger partial charge in [0.05, 0.1) is 11.1 Å². The lowest BCUT2D eigenvalue weighted by Crippen LogP contribution is -2.52. The second-order valence-corrected chi connectivity index (χ2v) is 6.22. The molecule has 7 nitrogen and oxygen atoms in total. The SMILES string of the molecule is CCCC(F)(F)c1nc2c(C(=O)NC3CCC(=O)NC3=O)cccc2[nH]1. The number of hydrogen-bond donors (Lipinski definition) is 3. The molecule has 3 rings (SSSR count). The molecule has 1 aromatic heterocycles. The van der Waals surface area contributed by atoms with E-state index >= 15 is 0 Å². The second kappa shape index (κ2) is 6.81. The van der Waals surface area contributed by atoms with Gasteiger partial charge in [-0.3, -0.25) is 19.7 Å². The van der Waals surface area contributed by atoms with E-state index < -0.39 is 35.5 Å². The lowest BCUT2D eigenvalue weighted by Gasteiger charge is -2.21. The normalized spacial score (nSPS) is 18.0. The van der Waals surface area contributed by atoms with Crippen LogP contribution in [0.15, 0.2) is 18.2 Å². The van der Waals surface area contributed by atoms with Crippen LogP contribution in [0.3, 0.4) is 0 Å². The summed E-state index contributed by atoms with van der Waals surface area (Å²) in [4.78, 5) is 42.0. The zero-order chi connectivity index (χ0) is 18.9. The smallest absolute Gasteiger partial charge is 0.304 e. The molecule has 0 bridgehead atoms. The molecule has 0 aliphatic carbocycles. The van der Waals surface area contributed by atoms with Gasteiger partial charge in [-0.1, -0.05) is 13.0 Å².